The highest BCUT2D eigenvalue weighted by Crippen LogP contribution is 2.37. The highest BCUT2D eigenvalue weighted by atomic mass is 32.2. The van der Waals surface area contributed by atoms with Crippen LogP contribution in [0.4, 0.5) is 0 Å². The molecule has 0 radical (unpaired) electrons. The van der Waals surface area contributed by atoms with E-state index in [0.29, 0.717) is 11.7 Å². The molecule has 3 rings (SSSR count). The first-order valence-corrected chi connectivity index (χ1v) is 8.08. The number of benzene rings is 1. The molecule has 1 aliphatic carbocycles. The second-order valence-electron chi connectivity index (χ2n) is 5.41. The number of nitrogens with two attached hydrogens (primary N) is 1. The van der Waals surface area contributed by atoms with Gasteiger partial charge < -0.3 is 15.8 Å². The van der Waals surface area contributed by atoms with Crippen molar-refractivity contribution in [3.8, 4) is 0 Å². The summed E-state index contributed by atoms with van der Waals surface area (Å²) in [6, 6.07) is 9.97. The monoisotopic (exact) mass is 292 g/mol. The maximum Gasteiger partial charge on any atom is 0.230 e. The summed E-state index contributed by atoms with van der Waals surface area (Å²) in [5.41, 5.74) is 6.13. The van der Waals surface area contributed by atoms with Crippen LogP contribution in [0.3, 0.4) is 0 Å². The van der Waals surface area contributed by atoms with Crippen LogP contribution in [0, 0.1) is 5.92 Å². The Kier molecular flexibility index (Phi) is 4.29. The highest BCUT2D eigenvalue weighted by Gasteiger charge is 2.50. The lowest BCUT2D eigenvalue weighted by Crippen LogP contribution is -2.72. The van der Waals surface area contributed by atoms with Gasteiger partial charge in [-0.25, -0.2) is 0 Å². The topological polar surface area (TPSA) is 64.3 Å². The molecule has 5 heteroatoms. The van der Waals surface area contributed by atoms with Crippen molar-refractivity contribution in [2.45, 2.75) is 35.9 Å². The molecule has 4 atom stereocenters. The van der Waals surface area contributed by atoms with Crippen molar-refractivity contribution in [2.24, 2.45) is 11.7 Å². The third-order valence-corrected chi connectivity index (χ3v) is 5.13. The van der Waals surface area contributed by atoms with E-state index < -0.39 is 0 Å². The molecular formula is C15H20N2O2S. The fourth-order valence-corrected chi connectivity index (χ4v) is 3.75. The molecule has 0 spiro atoms. The first-order chi connectivity index (χ1) is 9.75. The number of amides is 1. The van der Waals surface area contributed by atoms with Gasteiger partial charge in [0.25, 0.3) is 0 Å². The Balaban J connectivity index is 1.47. The maximum absolute atomic E-state index is 12.0. The van der Waals surface area contributed by atoms with E-state index in [9.17, 15) is 4.79 Å². The molecule has 1 aliphatic heterocycles. The first-order valence-electron chi connectivity index (χ1n) is 7.10. The zero-order valence-corrected chi connectivity index (χ0v) is 12.1. The van der Waals surface area contributed by atoms with Crippen LogP contribution in [0.2, 0.25) is 0 Å². The molecule has 1 heterocycles. The molecule has 4 unspecified atom stereocenters. The maximum atomic E-state index is 12.0. The molecule has 108 valence electrons. The van der Waals surface area contributed by atoms with Crippen molar-refractivity contribution in [2.75, 3.05) is 12.4 Å². The van der Waals surface area contributed by atoms with E-state index in [0.717, 1.165) is 24.3 Å². The predicted octanol–water partition coefficient (Wildman–Crippen LogP) is 1.40. The van der Waals surface area contributed by atoms with Gasteiger partial charge >= 0.3 is 0 Å². The third-order valence-electron chi connectivity index (χ3n) is 4.12. The van der Waals surface area contributed by atoms with Crippen molar-refractivity contribution < 1.29 is 9.53 Å². The van der Waals surface area contributed by atoms with Gasteiger partial charge in [-0.15, -0.1) is 11.8 Å². The van der Waals surface area contributed by atoms with Gasteiger partial charge in [0.05, 0.1) is 17.9 Å². The minimum atomic E-state index is -0.0100. The van der Waals surface area contributed by atoms with E-state index in [4.69, 9.17) is 10.5 Å². The molecule has 4 nitrogen and oxygen atoms in total. The molecule has 0 aromatic heterocycles. The molecule has 2 fully saturated rings. The largest absolute Gasteiger partial charge is 0.376 e. The normalized spacial score (nSPS) is 32.0. The molecule has 3 N–H and O–H groups in total. The van der Waals surface area contributed by atoms with E-state index in [2.05, 4.69) is 5.32 Å². The second-order valence-corrected chi connectivity index (χ2v) is 6.46. The average molecular weight is 292 g/mol. The fraction of sp³-hybridized carbons (Fsp3) is 0.533. The molecule has 1 saturated carbocycles. The number of rotatable bonds is 4. The van der Waals surface area contributed by atoms with Gasteiger partial charge in [0.15, 0.2) is 0 Å². The highest BCUT2D eigenvalue weighted by molar-refractivity contribution is 8.00. The first kappa shape index (κ1) is 13.9. The lowest BCUT2D eigenvalue weighted by atomic mass is 9.68. The minimum absolute atomic E-state index is 0.0100. The molecular weight excluding hydrogens is 272 g/mol. The number of carbonyl (C=O) groups excluding carboxylic acids is 1. The van der Waals surface area contributed by atoms with Crippen LogP contribution in [-0.4, -0.2) is 36.5 Å². The van der Waals surface area contributed by atoms with E-state index >= 15 is 0 Å². The van der Waals surface area contributed by atoms with Crippen molar-refractivity contribution in [1.82, 2.24) is 5.32 Å². The van der Waals surface area contributed by atoms with Crippen molar-refractivity contribution in [3.05, 3.63) is 30.3 Å². The number of nitrogens with one attached hydrogen (secondary N) is 1. The van der Waals surface area contributed by atoms with E-state index in [-0.39, 0.29) is 24.1 Å². The Bertz CT molecular complexity index is 468. The molecule has 20 heavy (non-hydrogen) atoms. The van der Waals surface area contributed by atoms with Gasteiger partial charge in [0, 0.05) is 23.5 Å². The van der Waals surface area contributed by atoms with Crippen molar-refractivity contribution >= 4 is 17.7 Å². The smallest absolute Gasteiger partial charge is 0.230 e. The average Bonchev–Trinajstić information content (AvgIpc) is 2.51. The summed E-state index contributed by atoms with van der Waals surface area (Å²) in [4.78, 5) is 13.1. The van der Waals surface area contributed by atoms with Crippen molar-refractivity contribution in [1.29, 1.82) is 0 Å². The number of carbonyl (C=O) groups is 1. The van der Waals surface area contributed by atoms with Gasteiger partial charge in [-0.2, -0.15) is 0 Å². The molecule has 1 aromatic carbocycles. The van der Waals surface area contributed by atoms with Crippen LogP contribution in [0.1, 0.15) is 12.8 Å². The minimum Gasteiger partial charge on any atom is -0.376 e. The van der Waals surface area contributed by atoms with E-state index in [1.807, 2.05) is 30.3 Å². The molecule has 1 aromatic rings. The zero-order valence-electron chi connectivity index (χ0n) is 11.3. The number of thioether (sulfide) groups is 1. The van der Waals surface area contributed by atoms with Gasteiger partial charge in [0.2, 0.25) is 5.91 Å². The Morgan fingerprint density at radius 3 is 3.00 bits per heavy atom. The number of ether oxygens (including phenoxy) is 1. The molecule has 2 aliphatic rings. The summed E-state index contributed by atoms with van der Waals surface area (Å²) >= 11 is 1.54. The van der Waals surface area contributed by atoms with Crippen molar-refractivity contribution in [3.63, 3.8) is 0 Å². The number of fused-ring (bicyclic) bond motifs is 1. The summed E-state index contributed by atoms with van der Waals surface area (Å²) in [5.74, 6) is 0.882. The Labute approximate surface area is 123 Å². The lowest BCUT2D eigenvalue weighted by molar-refractivity contribution is -0.137. The van der Waals surface area contributed by atoms with Crippen LogP contribution >= 0.6 is 11.8 Å². The summed E-state index contributed by atoms with van der Waals surface area (Å²) in [5, 5.41) is 3.03. The Hall–Kier alpha value is -1.04. The van der Waals surface area contributed by atoms with Gasteiger partial charge in [-0.05, 0) is 25.0 Å². The van der Waals surface area contributed by atoms with E-state index in [1.54, 1.807) is 11.8 Å². The fourth-order valence-electron chi connectivity index (χ4n) is 3.02. The van der Waals surface area contributed by atoms with Crippen LogP contribution in [0.5, 0.6) is 0 Å². The summed E-state index contributed by atoms with van der Waals surface area (Å²) < 4.78 is 5.72. The predicted molar refractivity (Wildman–Crippen MR) is 79.5 cm³/mol. The summed E-state index contributed by atoms with van der Waals surface area (Å²) in [6.45, 7) is 0.791. The summed E-state index contributed by atoms with van der Waals surface area (Å²) in [6.07, 6.45) is 2.33. The van der Waals surface area contributed by atoms with Crippen LogP contribution in [-0.2, 0) is 9.53 Å². The molecule has 1 saturated heterocycles. The Morgan fingerprint density at radius 1 is 1.40 bits per heavy atom. The zero-order chi connectivity index (χ0) is 13.9. The Morgan fingerprint density at radius 2 is 2.20 bits per heavy atom. The van der Waals surface area contributed by atoms with Gasteiger partial charge in [0.1, 0.15) is 0 Å². The molecule has 1 amide bonds. The number of hydrogen-bond donors (Lipinski definition) is 2. The van der Waals surface area contributed by atoms with Gasteiger partial charge in [-0.1, -0.05) is 18.2 Å². The van der Waals surface area contributed by atoms with Crippen LogP contribution in [0.15, 0.2) is 35.2 Å². The quantitative estimate of drug-likeness (QED) is 0.823. The second kappa shape index (κ2) is 6.16. The lowest BCUT2D eigenvalue weighted by Gasteiger charge is -2.52. The standard InChI is InChI=1S/C15H20N2O2S/c16-13-11-7-4-8-19-15(11)14(13)17-12(18)9-20-10-5-2-1-3-6-10/h1-3,5-6,11,13-15H,4,7-9,16H2,(H,17,18). The van der Waals surface area contributed by atoms with Gasteiger partial charge in [-0.3, -0.25) is 4.79 Å². The third kappa shape index (κ3) is 2.85. The molecule has 0 bridgehead atoms. The van der Waals surface area contributed by atoms with Crippen LogP contribution in [0.25, 0.3) is 0 Å². The summed E-state index contributed by atoms with van der Waals surface area (Å²) in [7, 11) is 0. The number of hydrogen-bond acceptors (Lipinski definition) is 4. The SMILES string of the molecule is NC1C2CCCOC2C1NC(=O)CSc1ccccc1. The van der Waals surface area contributed by atoms with Crippen LogP contribution < -0.4 is 11.1 Å². The van der Waals surface area contributed by atoms with E-state index in [1.165, 1.54) is 0 Å².